The molecule has 2 N–H and O–H groups in total. The molecule has 1 heterocycles. The Morgan fingerprint density at radius 2 is 1.51 bits per heavy atom. The average Bonchev–Trinajstić information content (AvgIpc) is 2.78. The fourth-order valence-corrected chi connectivity index (χ4v) is 4.19. The molecule has 5 atom stereocenters. The number of carbonyl (C=O) groups is 2. The van der Waals surface area contributed by atoms with Gasteiger partial charge in [-0.15, -0.1) is 0 Å². The van der Waals surface area contributed by atoms with Crippen LogP contribution in [0.3, 0.4) is 0 Å². The number of aliphatic hydroxyl groups excluding tert-OH is 1. The molecule has 0 bridgehead atoms. The second kappa shape index (κ2) is 11.3. The molecule has 2 aromatic rings. The van der Waals surface area contributed by atoms with E-state index in [-0.39, 0.29) is 18.1 Å². The molecule has 0 unspecified atom stereocenters. The van der Waals surface area contributed by atoms with E-state index in [9.17, 15) is 19.8 Å². The summed E-state index contributed by atoms with van der Waals surface area (Å²) in [7, 11) is -1.48. The third-order valence-electron chi connectivity index (χ3n) is 5.44. The highest BCUT2D eigenvalue weighted by Gasteiger charge is 2.58. The van der Waals surface area contributed by atoms with Crippen LogP contribution in [0.25, 0.3) is 0 Å². The van der Waals surface area contributed by atoms with Gasteiger partial charge in [0.15, 0.2) is 18.5 Å². The van der Waals surface area contributed by atoms with Gasteiger partial charge < -0.3 is 33.9 Å². The molecule has 190 valence electrons. The van der Waals surface area contributed by atoms with E-state index in [1.54, 1.807) is 60.7 Å². The van der Waals surface area contributed by atoms with Gasteiger partial charge in [0.2, 0.25) is 0 Å². The lowest BCUT2D eigenvalue weighted by molar-refractivity contribution is -0.317. The third-order valence-corrected chi connectivity index (χ3v) is 7.15. The Bertz CT molecular complexity index is 975. The minimum absolute atomic E-state index is 0.210. The van der Waals surface area contributed by atoms with Crippen molar-refractivity contribution in [2.45, 2.75) is 62.8 Å². The number of hydrogen-bond donors (Lipinski definition) is 2. The SMILES string of the molecule is C[C@@]1(O)[C@@H](C(=O)Oc2ccccc2)O[C@@H](OCC[Si](C)(C)C)[C@H](O)[C@H]1OC(=O)Oc1ccccc1. The molecule has 0 radical (unpaired) electrons. The Kier molecular flexibility index (Phi) is 8.68. The van der Waals surface area contributed by atoms with Crippen molar-refractivity contribution in [3.63, 3.8) is 0 Å². The lowest BCUT2D eigenvalue weighted by atomic mass is 9.85. The molecule has 10 heteroatoms. The maximum Gasteiger partial charge on any atom is 0.514 e. The van der Waals surface area contributed by atoms with E-state index in [0.29, 0.717) is 0 Å². The highest BCUT2D eigenvalue weighted by Crippen LogP contribution is 2.34. The van der Waals surface area contributed by atoms with Gasteiger partial charge >= 0.3 is 12.1 Å². The maximum atomic E-state index is 13.0. The first kappa shape index (κ1) is 26.8. The van der Waals surface area contributed by atoms with Crippen molar-refractivity contribution in [1.82, 2.24) is 0 Å². The number of rotatable bonds is 8. The van der Waals surface area contributed by atoms with Gasteiger partial charge in [0.05, 0.1) is 0 Å². The van der Waals surface area contributed by atoms with Crippen molar-refractivity contribution in [3.8, 4) is 11.5 Å². The van der Waals surface area contributed by atoms with Crippen LogP contribution in [-0.2, 0) is 19.0 Å². The van der Waals surface area contributed by atoms with Crippen LogP contribution < -0.4 is 9.47 Å². The Hall–Kier alpha value is -2.76. The Balaban J connectivity index is 1.80. The predicted molar refractivity (Wildman–Crippen MR) is 129 cm³/mol. The molecular formula is C25H32O9Si. The van der Waals surface area contributed by atoms with Crippen LogP contribution in [0, 0.1) is 0 Å². The van der Waals surface area contributed by atoms with E-state index < -0.39 is 50.4 Å². The fraction of sp³-hybridized carbons (Fsp3) is 0.440. The minimum Gasteiger partial charge on any atom is -0.425 e. The van der Waals surface area contributed by atoms with Crippen molar-refractivity contribution < 1.29 is 43.5 Å². The van der Waals surface area contributed by atoms with Crippen molar-refractivity contribution in [2.24, 2.45) is 0 Å². The van der Waals surface area contributed by atoms with E-state index in [1.165, 1.54) is 6.92 Å². The predicted octanol–water partition coefficient (Wildman–Crippen LogP) is 3.37. The molecule has 2 aromatic carbocycles. The van der Waals surface area contributed by atoms with Crippen molar-refractivity contribution in [3.05, 3.63) is 60.7 Å². The summed E-state index contributed by atoms with van der Waals surface area (Å²) in [5.41, 5.74) is -2.17. The monoisotopic (exact) mass is 504 g/mol. The number of carbonyl (C=O) groups excluding carboxylic acids is 2. The number of hydrogen-bond acceptors (Lipinski definition) is 9. The van der Waals surface area contributed by atoms with Crippen LogP contribution in [0.1, 0.15) is 6.92 Å². The van der Waals surface area contributed by atoms with E-state index >= 15 is 0 Å². The molecule has 35 heavy (non-hydrogen) atoms. The Morgan fingerprint density at radius 1 is 0.971 bits per heavy atom. The van der Waals surface area contributed by atoms with Crippen LogP contribution >= 0.6 is 0 Å². The van der Waals surface area contributed by atoms with Gasteiger partial charge in [-0.2, -0.15) is 0 Å². The molecule has 0 spiro atoms. The van der Waals surface area contributed by atoms with E-state index in [4.69, 9.17) is 23.7 Å². The summed E-state index contributed by atoms with van der Waals surface area (Å²) in [5.74, 6) is -0.487. The van der Waals surface area contributed by atoms with Crippen LogP contribution in [0.4, 0.5) is 4.79 Å². The molecule has 1 fully saturated rings. The zero-order valence-electron chi connectivity index (χ0n) is 20.2. The Labute approximate surface area is 205 Å². The van der Waals surface area contributed by atoms with Gasteiger partial charge in [0.1, 0.15) is 23.2 Å². The van der Waals surface area contributed by atoms with Crippen molar-refractivity contribution >= 4 is 20.2 Å². The van der Waals surface area contributed by atoms with E-state index in [0.717, 1.165) is 6.04 Å². The first-order valence-corrected chi connectivity index (χ1v) is 15.1. The van der Waals surface area contributed by atoms with Crippen LogP contribution in [0.2, 0.25) is 25.7 Å². The third kappa shape index (κ3) is 7.36. The average molecular weight is 505 g/mol. The summed E-state index contributed by atoms with van der Waals surface area (Å²) in [4.78, 5) is 25.5. The molecule has 0 aromatic heterocycles. The zero-order chi connectivity index (χ0) is 25.6. The summed E-state index contributed by atoms with van der Waals surface area (Å²) < 4.78 is 27.2. The lowest BCUT2D eigenvalue weighted by Gasteiger charge is -2.46. The van der Waals surface area contributed by atoms with Crippen molar-refractivity contribution in [1.29, 1.82) is 0 Å². The zero-order valence-corrected chi connectivity index (χ0v) is 21.2. The standard InChI is InChI=1S/C25H32O9Si/c1-25(29)20(34-24(28)32-18-13-9-6-10-14-18)19(26)23(30-15-16-35(2,3)4)33-21(25)22(27)31-17-11-7-5-8-12-17/h5-14,19-21,23,26,29H,15-16H2,1-4H3/t19-,20-,21-,23-,25+/m1/s1. The molecule has 0 aliphatic carbocycles. The van der Waals surface area contributed by atoms with Crippen LogP contribution in [0.15, 0.2) is 60.7 Å². The molecule has 0 amide bonds. The van der Waals surface area contributed by atoms with Crippen LogP contribution in [0.5, 0.6) is 11.5 Å². The van der Waals surface area contributed by atoms with Gasteiger partial charge in [-0.05, 0) is 37.2 Å². The highest BCUT2D eigenvalue weighted by atomic mass is 28.3. The van der Waals surface area contributed by atoms with Gasteiger partial charge in [-0.1, -0.05) is 56.0 Å². The quantitative estimate of drug-likeness (QED) is 0.241. The second-order valence-electron chi connectivity index (χ2n) is 9.72. The number of aliphatic hydroxyl groups is 2. The summed E-state index contributed by atoms with van der Waals surface area (Å²) >= 11 is 0. The Morgan fingerprint density at radius 3 is 2.06 bits per heavy atom. The van der Waals surface area contributed by atoms with Gasteiger partial charge in [0, 0.05) is 14.7 Å². The number of para-hydroxylation sites is 2. The summed E-state index contributed by atoms with van der Waals surface area (Å²) in [6.07, 6.45) is -7.36. The summed E-state index contributed by atoms with van der Waals surface area (Å²) in [6, 6.07) is 17.2. The van der Waals surface area contributed by atoms with Crippen molar-refractivity contribution in [2.75, 3.05) is 6.61 Å². The van der Waals surface area contributed by atoms with Crippen LogP contribution in [-0.4, -0.2) is 67.2 Å². The molecule has 9 nitrogen and oxygen atoms in total. The van der Waals surface area contributed by atoms with E-state index in [2.05, 4.69) is 19.6 Å². The number of benzene rings is 2. The molecule has 0 saturated carbocycles. The van der Waals surface area contributed by atoms with E-state index in [1.807, 2.05) is 0 Å². The molecule has 3 rings (SSSR count). The van der Waals surface area contributed by atoms with Gasteiger partial charge in [0.25, 0.3) is 0 Å². The molecular weight excluding hydrogens is 472 g/mol. The smallest absolute Gasteiger partial charge is 0.425 e. The largest absolute Gasteiger partial charge is 0.514 e. The maximum absolute atomic E-state index is 13.0. The second-order valence-corrected chi connectivity index (χ2v) is 15.3. The number of esters is 1. The van der Waals surface area contributed by atoms with Gasteiger partial charge in [-0.25, -0.2) is 9.59 Å². The van der Waals surface area contributed by atoms with Gasteiger partial charge in [-0.3, -0.25) is 0 Å². The normalized spacial score (nSPS) is 26.6. The molecule has 1 saturated heterocycles. The fourth-order valence-electron chi connectivity index (χ4n) is 3.46. The highest BCUT2D eigenvalue weighted by molar-refractivity contribution is 6.76. The summed E-state index contributed by atoms with van der Waals surface area (Å²) in [6.45, 7) is 7.94. The topological polar surface area (TPSA) is 121 Å². The molecule has 1 aliphatic rings. The lowest BCUT2D eigenvalue weighted by Crippen LogP contribution is -2.68. The molecule has 1 aliphatic heterocycles. The first-order valence-electron chi connectivity index (χ1n) is 11.3. The minimum atomic E-state index is -2.17. The number of ether oxygens (including phenoxy) is 5. The summed E-state index contributed by atoms with van der Waals surface area (Å²) in [5, 5.41) is 22.1. The first-order chi connectivity index (χ1) is 16.5.